The van der Waals surface area contributed by atoms with Gasteiger partial charge < -0.3 is 9.64 Å². The number of hydrogen-bond donors (Lipinski definition) is 0. The summed E-state index contributed by atoms with van der Waals surface area (Å²) in [6, 6.07) is 0. The molecule has 0 bridgehead atoms. The summed E-state index contributed by atoms with van der Waals surface area (Å²) in [5, 5.41) is 0. The molecule has 0 aliphatic carbocycles. The van der Waals surface area contributed by atoms with Crippen molar-refractivity contribution in [3.05, 3.63) is 24.6 Å². The minimum absolute atomic E-state index is 0.213. The third-order valence-electron chi connectivity index (χ3n) is 1.77. The van der Waals surface area contributed by atoms with Gasteiger partial charge >= 0.3 is 5.97 Å². The summed E-state index contributed by atoms with van der Waals surface area (Å²) in [5.41, 5.74) is 1.60. The molecule has 0 saturated heterocycles. The summed E-state index contributed by atoms with van der Waals surface area (Å²) < 4.78 is 4.53. The van der Waals surface area contributed by atoms with E-state index in [2.05, 4.69) is 16.3 Å². The third-order valence-corrected chi connectivity index (χ3v) is 1.77. The van der Waals surface area contributed by atoms with Crippen molar-refractivity contribution in [2.45, 2.75) is 13.3 Å². The lowest BCUT2D eigenvalue weighted by Crippen LogP contribution is -2.09. The molecule has 0 rings (SSSR count). The van der Waals surface area contributed by atoms with E-state index in [9.17, 15) is 4.79 Å². The van der Waals surface area contributed by atoms with Crippen LogP contribution in [-0.2, 0) is 9.53 Å². The molecule has 0 N–H and O–H groups in total. The van der Waals surface area contributed by atoms with Gasteiger partial charge in [-0.05, 0) is 13.0 Å². The Bertz CT molecular complexity index is 291. The van der Waals surface area contributed by atoms with Crippen molar-refractivity contribution in [3.8, 4) is 0 Å². The Labute approximate surface area is 90.9 Å². The summed E-state index contributed by atoms with van der Waals surface area (Å²) in [4.78, 5) is 17.0. The number of rotatable bonds is 5. The molecule has 0 heterocycles. The van der Waals surface area contributed by atoms with Crippen molar-refractivity contribution in [1.82, 2.24) is 4.90 Å². The van der Waals surface area contributed by atoms with E-state index in [1.54, 1.807) is 19.2 Å². The second-order valence-corrected chi connectivity index (χ2v) is 3.27. The highest BCUT2D eigenvalue weighted by Crippen LogP contribution is 2.00. The quantitative estimate of drug-likeness (QED) is 0.393. The number of carbonyl (C=O) groups excluding carboxylic acids is 1. The lowest BCUT2D eigenvalue weighted by molar-refractivity contribution is -0.139. The Morgan fingerprint density at radius 1 is 1.53 bits per heavy atom. The fourth-order valence-electron chi connectivity index (χ4n) is 0.854. The Hall–Kier alpha value is -1.58. The average molecular weight is 210 g/mol. The SMILES string of the molecule is C=C/C(=C\N=C(/C)CC(=O)OC)N(C)C. The third kappa shape index (κ3) is 5.67. The van der Waals surface area contributed by atoms with E-state index in [-0.39, 0.29) is 12.4 Å². The largest absolute Gasteiger partial charge is 0.469 e. The average Bonchev–Trinajstić information content (AvgIpc) is 2.17. The molecule has 4 nitrogen and oxygen atoms in total. The number of nitrogens with zero attached hydrogens (tertiary/aromatic N) is 2. The van der Waals surface area contributed by atoms with Crippen LogP contribution in [0.4, 0.5) is 0 Å². The second-order valence-electron chi connectivity index (χ2n) is 3.27. The highest BCUT2D eigenvalue weighted by atomic mass is 16.5. The van der Waals surface area contributed by atoms with E-state index in [1.165, 1.54) is 7.11 Å². The fraction of sp³-hybridized carbons (Fsp3) is 0.455. The molecule has 0 radical (unpaired) electrons. The molecule has 0 saturated carbocycles. The number of carbonyl (C=O) groups is 1. The van der Waals surface area contributed by atoms with Crippen LogP contribution < -0.4 is 0 Å². The zero-order chi connectivity index (χ0) is 11.8. The van der Waals surface area contributed by atoms with Gasteiger partial charge in [-0.15, -0.1) is 0 Å². The maximum atomic E-state index is 10.9. The lowest BCUT2D eigenvalue weighted by atomic mass is 10.3. The molecule has 4 heteroatoms. The number of esters is 1. The molecule has 0 unspecified atom stereocenters. The first kappa shape index (κ1) is 13.4. The minimum Gasteiger partial charge on any atom is -0.469 e. The van der Waals surface area contributed by atoms with Crippen molar-refractivity contribution >= 4 is 11.7 Å². The van der Waals surface area contributed by atoms with E-state index in [4.69, 9.17) is 0 Å². The molecule has 0 atom stereocenters. The first-order valence-electron chi connectivity index (χ1n) is 4.61. The maximum Gasteiger partial charge on any atom is 0.311 e. The van der Waals surface area contributed by atoms with Crippen molar-refractivity contribution in [2.24, 2.45) is 4.99 Å². The maximum absolute atomic E-state index is 10.9. The molecule has 0 aromatic carbocycles. The van der Waals surface area contributed by atoms with Crippen LogP contribution in [0.25, 0.3) is 0 Å². The molecule has 15 heavy (non-hydrogen) atoms. The molecule has 84 valence electrons. The van der Waals surface area contributed by atoms with E-state index in [0.29, 0.717) is 5.71 Å². The summed E-state index contributed by atoms with van der Waals surface area (Å²) in [6.45, 7) is 5.45. The topological polar surface area (TPSA) is 41.9 Å². The standard InChI is InChI=1S/C11H18N2O2/c1-6-10(13(3)4)8-12-9(2)7-11(14)15-5/h6,8H,1,7H2,2-5H3/b10-8+,12-9+. The Kier molecular flexibility index (Phi) is 6.09. The van der Waals surface area contributed by atoms with E-state index < -0.39 is 0 Å². The number of likely N-dealkylation sites (N-methyl/N-ethyl adjacent to an activating group) is 1. The van der Waals surface area contributed by atoms with Crippen LogP contribution in [0.15, 0.2) is 29.5 Å². The second kappa shape index (κ2) is 6.81. The van der Waals surface area contributed by atoms with Crippen molar-refractivity contribution in [1.29, 1.82) is 0 Å². The van der Waals surface area contributed by atoms with Gasteiger partial charge in [0.2, 0.25) is 0 Å². The number of ether oxygens (including phenoxy) is 1. The molecular weight excluding hydrogens is 192 g/mol. The molecule has 0 aliphatic heterocycles. The molecule has 0 fully saturated rings. The fourth-order valence-corrected chi connectivity index (χ4v) is 0.854. The van der Waals surface area contributed by atoms with Crippen LogP contribution in [0.5, 0.6) is 0 Å². The van der Waals surface area contributed by atoms with Gasteiger partial charge in [0.1, 0.15) is 0 Å². The predicted molar refractivity (Wildman–Crippen MR) is 61.7 cm³/mol. The van der Waals surface area contributed by atoms with Crippen LogP contribution in [0.1, 0.15) is 13.3 Å². The van der Waals surface area contributed by atoms with Crippen LogP contribution in [-0.4, -0.2) is 37.8 Å². The van der Waals surface area contributed by atoms with Gasteiger partial charge in [0.25, 0.3) is 0 Å². The van der Waals surface area contributed by atoms with E-state index in [1.807, 2.05) is 19.0 Å². The van der Waals surface area contributed by atoms with Gasteiger partial charge in [-0.3, -0.25) is 9.79 Å². The highest BCUT2D eigenvalue weighted by Gasteiger charge is 2.01. The van der Waals surface area contributed by atoms with Crippen LogP contribution in [0.2, 0.25) is 0 Å². The van der Waals surface area contributed by atoms with Crippen LogP contribution in [0, 0.1) is 0 Å². The summed E-state index contributed by atoms with van der Waals surface area (Å²) in [5.74, 6) is -0.283. The molecule has 0 amide bonds. The number of allylic oxidation sites excluding steroid dienone is 1. The number of hydrogen-bond acceptors (Lipinski definition) is 4. The molecular formula is C11H18N2O2. The van der Waals surface area contributed by atoms with Crippen LogP contribution >= 0.6 is 0 Å². The monoisotopic (exact) mass is 210 g/mol. The smallest absolute Gasteiger partial charge is 0.311 e. The molecule has 0 aliphatic rings. The number of methoxy groups -OCH3 is 1. The predicted octanol–water partition coefficient (Wildman–Crippen LogP) is 1.60. The van der Waals surface area contributed by atoms with Gasteiger partial charge in [0, 0.05) is 19.8 Å². The zero-order valence-corrected chi connectivity index (χ0v) is 9.78. The Morgan fingerprint density at radius 3 is 2.53 bits per heavy atom. The first-order chi connectivity index (χ1) is 7.01. The van der Waals surface area contributed by atoms with E-state index >= 15 is 0 Å². The van der Waals surface area contributed by atoms with Crippen molar-refractivity contribution in [2.75, 3.05) is 21.2 Å². The van der Waals surface area contributed by atoms with Gasteiger partial charge in [-0.25, -0.2) is 0 Å². The normalized spacial score (nSPS) is 12.3. The summed E-state index contributed by atoms with van der Waals surface area (Å²) in [7, 11) is 5.16. The highest BCUT2D eigenvalue weighted by molar-refractivity contribution is 5.97. The first-order valence-corrected chi connectivity index (χ1v) is 4.61. The molecule has 0 spiro atoms. The van der Waals surface area contributed by atoms with Crippen LogP contribution in [0.3, 0.4) is 0 Å². The summed E-state index contributed by atoms with van der Waals surface area (Å²) in [6.07, 6.45) is 3.59. The molecule has 0 aromatic rings. The van der Waals surface area contributed by atoms with Gasteiger partial charge in [0.05, 0.1) is 25.4 Å². The Balaban J connectivity index is 4.48. The molecule has 0 aromatic heterocycles. The number of aliphatic imine (C=N–C) groups is 1. The van der Waals surface area contributed by atoms with E-state index in [0.717, 1.165) is 5.70 Å². The Morgan fingerprint density at radius 2 is 2.13 bits per heavy atom. The van der Waals surface area contributed by atoms with Crippen molar-refractivity contribution < 1.29 is 9.53 Å². The lowest BCUT2D eigenvalue weighted by Gasteiger charge is -2.11. The zero-order valence-electron chi connectivity index (χ0n) is 9.78. The van der Waals surface area contributed by atoms with Crippen molar-refractivity contribution in [3.63, 3.8) is 0 Å². The summed E-state index contributed by atoms with van der Waals surface area (Å²) >= 11 is 0. The van der Waals surface area contributed by atoms with Gasteiger partial charge in [0.15, 0.2) is 0 Å². The van der Waals surface area contributed by atoms with Gasteiger partial charge in [-0.1, -0.05) is 6.58 Å². The van der Waals surface area contributed by atoms with Gasteiger partial charge in [-0.2, -0.15) is 0 Å². The minimum atomic E-state index is -0.283.